The van der Waals surface area contributed by atoms with Crippen LogP contribution in [0.15, 0.2) is 0 Å². The number of carbonyl (C=O) groups is 1. The van der Waals surface area contributed by atoms with E-state index in [1.54, 1.807) is 11.8 Å². The molecular weight excluding hydrogens is 198 g/mol. The molecular formula is C10H21NO2S. The van der Waals surface area contributed by atoms with E-state index in [0.717, 1.165) is 24.5 Å². The van der Waals surface area contributed by atoms with E-state index in [4.69, 9.17) is 4.74 Å². The van der Waals surface area contributed by atoms with Gasteiger partial charge in [0.2, 0.25) is 0 Å². The highest BCUT2D eigenvalue weighted by Crippen LogP contribution is 2.14. The van der Waals surface area contributed by atoms with E-state index in [9.17, 15) is 4.79 Å². The van der Waals surface area contributed by atoms with Gasteiger partial charge in [-0.3, -0.25) is 4.79 Å². The SMILES string of the molecule is CCCNC(C)(CSCC)C(=O)OC. The number of hydrogen-bond donors (Lipinski definition) is 1. The van der Waals surface area contributed by atoms with Crippen molar-refractivity contribution >= 4 is 17.7 Å². The second-order valence-electron chi connectivity index (χ2n) is 3.39. The van der Waals surface area contributed by atoms with Gasteiger partial charge in [0, 0.05) is 5.75 Å². The predicted octanol–water partition coefficient (Wildman–Crippen LogP) is 1.67. The lowest BCUT2D eigenvalue weighted by atomic mass is 10.1. The van der Waals surface area contributed by atoms with Gasteiger partial charge in [-0.1, -0.05) is 13.8 Å². The molecule has 1 atom stereocenters. The van der Waals surface area contributed by atoms with Gasteiger partial charge in [-0.05, 0) is 25.6 Å². The zero-order valence-electron chi connectivity index (χ0n) is 9.55. The number of thioether (sulfide) groups is 1. The molecule has 0 heterocycles. The molecule has 0 aliphatic rings. The summed E-state index contributed by atoms with van der Waals surface area (Å²) in [7, 11) is 1.44. The fraction of sp³-hybridized carbons (Fsp3) is 0.900. The van der Waals surface area contributed by atoms with Crippen LogP contribution in [0.3, 0.4) is 0 Å². The Morgan fingerprint density at radius 2 is 2.14 bits per heavy atom. The molecule has 0 aliphatic heterocycles. The molecule has 0 rings (SSSR count). The molecule has 0 radical (unpaired) electrons. The van der Waals surface area contributed by atoms with Crippen LogP contribution in [-0.2, 0) is 9.53 Å². The number of ether oxygens (including phenoxy) is 1. The highest BCUT2D eigenvalue weighted by atomic mass is 32.2. The van der Waals surface area contributed by atoms with Gasteiger partial charge in [0.1, 0.15) is 5.54 Å². The molecule has 3 nitrogen and oxygen atoms in total. The van der Waals surface area contributed by atoms with Crippen LogP contribution < -0.4 is 5.32 Å². The lowest BCUT2D eigenvalue weighted by Crippen LogP contribution is -2.52. The van der Waals surface area contributed by atoms with Crippen LogP contribution in [0.5, 0.6) is 0 Å². The van der Waals surface area contributed by atoms with E-state index in [1.807, 2.05) is 6.92 Å². The Bertz CT molecular complexity index is 166. The van der Waals surface area contributed by atoms with Gasteiger partial charge in [-0.15, -0.1) is 0 Å². The summed E-state index contributed by atoms with van der Waals surface area (Å²) in [6.07, 6.45) is 1.02. The molecule has 0 aliphatic carbocycles. The third-order valence-electron chi connectivity index (χ3n) is 2.00. The monoisotopic (exact) mass is 219 g/mol. The van der Waals surface area contributed by atoms with Crippen molar-refractivity contribution in [1.29, 1.82) is 0 Å². The van der Waals surface area contributed by atoms with E-state index < -0.39 is 5.54 Å². The average molecular weight is 219 g/mol. The largest absolute Gasteiger partial charge is 0.468 e. The van der Waals surface area contributed by atoms with Crippen LogP contribution in [0.25, 0.3) is 0 Å². The van der Waals surface area contributed by atoms with E-state index in [2.05, 4.69) is 19.2 Å². The van der Waals surface area contributed by atoms with Crippen molar-refractivity contribution < 1.29 is 9.53 Å². The van der Waals surface area contributed by atoms with Crippen LogP contribution in [-0.4, -0.2) is 36.7 Å². The van der Waals surface area contributed by atoms with Gasteiger partial charge in [0.25, 0.3) is 0 Å². The first-order chi connectivity index (χ1) is 6.60. The summed E-state index contributed by atoms with van der Waals surface area (Å²) in [5.41, 5.74) is -0.536. The molecule has 0 bridgehead atoms. The van der Waals surface area contributed by atoms with Gasteiger partial charge >= 0.3 is 5.97 Å². The third-order valence-corrected chi connectivity index (χ3v) is 3.19. The molecule has 0 spiro atoms. The minimum atomic E-state index is -0.536. The zero-order chi connectivity index (χ0) is 11.0. The zero-order valence-corrected chi connectivity index (χ0v) is 10.4. The van der Waals surface area contributed by atoms with Gasteiger partial charge in [0.15, 0.2) is 0 Å². The standard InChI is InChI=1S/C10H21NO2S/c1-5-7-11-10(3,8-14-6-2)9(12)13-4/h11H,5-8H2,1-4H3. The summed E-state index contributed by atoms with van der Waals surface area (Å²) in [5.74, 6) is 1.60. The Balaban J connectivity index is 4.24. The van der Waals surface area contributed by atoms with Crippen LogP contribution in [0.4, 0.5) is 0 Å². The van der Waals surface area contributed by atoms with Crippen LogP contribution >= 0.6 is 11.8 Å². The fourth-order valence-electron chi connectivity index (χ4n) is 1.11. The second-order valence-corrected chi connectivity index (χ2v) is 4.66. The topological polar surface area (TPSA) is 38.3 Å². The van der Waals surface area contributed by atoms with Gasteiger partial charge in [0.05, 0.1) is 7.11 Å². The minimum absolute atomic E-state index is 0.174. The fourth-order valence-corrected chi connectivity index (χ4v) is 1.95. The second kappa shape index (κ2) is 7.12. The molecule has 0 amide bonds. The Morgan fingerprint density at radius 3 is 2.57 bits per heavy atom. The van der Waals surface area contributed by atoms with Crippen LogP contribution in [0.1, 0.15) is 27.2 Å². The van der Waals surface area contributed by atoms with E-state index in [-0.39, 0.29) is 5.97 Å². The number of hydrogen-bond acceptors (Lipinski definition) is 4. The predicted molar refractivity (Wildman–Crippen MR) is 61.7 cm³/mol. The Morgan fingerprint density at radius 1 is 1.50 bits per heavy atom. The number of nitrogens with one attached hydrogen (secondary N) is 1. The maximum atomic E-state index is 11.5. The molecule has 0 saturated carbocycles. The maximum Gasteiger partial charge on any atom is 0.326 e. The summed E-state index contributed by atoms with van der Waals surface area (Å²) >= 11 is 1.75. The van der Waals surface area contributed by atoms with Gasteiger partial charge < -0.3 is 10.1 Å². The third kappa shape index (κ3) is 4.33. The Kier molecular flexibility index (Phi) is 7.01. The van der Waals surface area contributed by atoms with Crippen molar-refractivity contribution in [3.63, 3.8) is 0 Å². The average Bonchev–Trinajstić information content (AvgIpc) is 2.22. The molecule has 1 unspecified atom stereocenters. The highest BCUT2D eigenvalue weighted by Gasteiger charge is 2.33. The normalized spacial score (nSPS) is 14.9. The van der Waals surface area contributed by atoms with Gasteiger partial charge in [-0.2, -0.15) is 11.8 Å². The Labute approximate surface area is 91.0 Å². The lowest BCUT2D eigenvalue weighted by molar-refractivity contribution is -0.146. The Hall–Kier alpha value is -0.220. The van der Waals surface area contributed by atoms with Crippen molar-refractivity contribution in [1.82, 2.24) is 5.32 Å². The molecule has 0 saturated heterocycles. The lowest BCUT2D eigenvalue weighted by Gasteiger charge is -2.27. The van der Waals surface area contributed by atoms with Crippen molar-refractivity contribution in [2.45, 2.75) is 32.7 Å². The molecule has 0 aromatic carbocycles. The van der Waals surface area contributed by atoms with Crippen molar-refractivity contribution in [3.8, 4) is 0 Å². The number of carbonyl (C=O) groups excluding carboxylic acids is 1. The molecule has 4 heteroatoms. The molecule has 1 N–H and O–H groups in total. The summed E-state index contributed by atoms with van der Waals surface area (Å²) in [5, 5.41) is 3.24. The molecule has 0 fully saturated rings. The van der Waals surface area contributed by atoms with Crippen LogP contribution in [0, 0.1) is 0 Å². The molecule has 14 heavy (non-hydrogen) atoms. The summed E-state index contributed by atoms with van der Waals surface area (Å²) in [6, 6.07) is 0. The smallest absolute Gasteiger partial charge is 0.326 e. The molecule has 84 valence electrons. The first-order valence-electron chi connectivity index (χ1n) is 5.02. The first-order valence-corrected chi connectivity index (χ1v) is 6.17. The highest BCUT2D eigenvalue weighted by molar-refractivity contribution is 7.99. The quantitative estimate of drug-likeness (QED) is 0.661. The summed E-state index contributed by atoms with van der Waals surface area (Å²) < 4.78 is 4.79. The summed E-state index contributed by atoms with van der Waals surface area (Å²) in [4.78, 5) is 11.5. The number of methoxy groups -OCH3 is 1. The van der Waals surface area contributed by atoms with E-state index in [0.29, 0.717) is 0 Å². The van der Waals surface area contributed by atoms with Gasteiger partial charge in [-0.25, -0.2) is 0 Å². The number of esters is 1. The minimum Gasteiger partial charge on any atom is -0.468 e. The first kappa shape index (κ1) is 13.8. The van der Waals surface area contributed by atoms with Crippen molar-refractivity contribution in [2.75, 3.05) is 25.2 Å². The van der Waals surface area contributed by atoms with E-state index >= 15 is 0 Å². The van der Waals surface area contributed by atoms with E-state index in [1.165, 1.54) is 7.11 Å². The maximum absolute atomic E-state index is 11.5. The van der Waals surface area contributed by atoms with Crippen LogP contribution in [0.2, 0.25) is 0 Å². The van der Waals surface area contributed by atoms with Crippen molar-refractivity contribution in [3.05, 3.63) is 0 Å². The molecule has 0 aromatic rings. The molecule has 0 aromatic heterocycles. The summed E-state index contributed by atoms with van der Waals surface area (Å²) in [6.45, 7) is 6.91. The number of rotatable bonds is 7. The van der Waals surface area contributed by atoms with Crippen molar-refractivity contribution in [2.24, 2.45) is 0 Å².